The fourth-order valence-corrected chi connectivity index (χ4v) is 12.2. The topological polar surface area (TPSA) is 237 Å². The van der Waals surface area contributed by atoms with Gasteiger partial charge in [0.25, 0.3) is 0 Å². The highest BCUT2D eigenvalue weighted by molar-refractivity contribution is 7.47. The van der Waals surface area contributed by atoms with Crippen LogP contribution in [0, 0.1) is 0 Å². The Hall–Kier alpha value is -4.54. The number of unbranched alkanes of at least 4 members (excludes halogenated alkanes) is 30. The number of esters is 4. The lowest BCUT2D eigenvalue weighted by molar-refractivity contribution is -0.161. The Bertz CT molecular complexity index is 2440. The number of hydrogen-bond acceptors (Lipinski definition) is 15. The summed E-state index contributed by atoms with van der Waals surface area (Å²) in [5.74, 6) is -2.24. The lowest BCUT2D eigenvalue weighted by Gasteiger charge is -2.21. The molecule has 104 heavy (non-hydrogen) atoms. The normalized spacial score (nSPS) is 14.5. The van der Waals surface area contributed by atoms with Crippen molar-refractivity contribution in [3.05, 3.63) is 122 Å². The van der Waals surface area contributed by atoms with Crippen molar-refractivity contribution in [2.75, 3.05) is 39.6 Å². The molecular formula is C85H146O17P2. The van der Waals surface area contributed by atoms with Gasteiger partial charge in [0.15, 0.2) is 12.2 Å². The highest BCUT2D eigenvalue weighted by Crippen LogP contribution is 2.45. The molecule has 0 saturated carbocycles. The number of ether oxygens (including phenoxy) is 4. The lowest BCUT2D eigenvalue weighted by Crippen LogP contribution is -2.30. The maximum Gasteiger partial charge on any atom is 0.472 e. The predicted molar refractivity (Wildman–Crippen MR) is 427 cm³/mol. The quantitative estimate of drug-likeness (QED) is 0.0169. The van der Waals surface area contributed by atoms with Gasteiger partial charge in [0, 0.05) is 25.7 Å². The molecule has 0 rings (SSSR count). The number of rotatable bonds is 76. The van der Waals surface area contributed by atoms with Crippen LogP contribution in [0.5, 0.6) is 0 Å². The van der Waals surface area contributed by atoms with Crippen molar-refractivity contribution < 1.29 is 80.2 Å². The molecule has 19 heteroatoms. The number of allylic oxidation sites excluding steroid dienone is 20. The van der Waals surface area contributed by atoms with Crippen LogP contribution < -0.4 is 0 Å². The summed E-state index contributed by atoms with van der Waals surface area (Å²) in [6.45, 7) is 4.65. The third-order valence-electron chi connectivity index (χ3n) is 16.9. The molecule has 0 amide bonds. The van der Waals surface area contributed by atoms with E-state index in [2.05, 4.69) is 149 Å². The molecule has 17 nitrogen and oxygen atoms in total. The minimum absolute atomic E-state index is 0.0739. The summed E-state index contributed by atoms with van der Waals surface area (Å²) in [5, 5.41) is 10.6. The zero-order valence-electron chi connectivity index (χ0n) is 65.4. The van der Waals surface area contributed by atoms with Crippen molar-refractivity contribution >= 4 is 39.5 Å². The van der Waals surface area contributed by atoms with Gasteiger partial charge in [-0.15, -0.1) is 0 Å². The molecule has 0 spiro atoms. The van der Waals surface area contributed by atoms with Crippen molar-refractivity contribution in [2.24, 2.45) is 0 Å². The second kappa shape index (κ2) is 76.6. The van der Waals surface area contributed by atoms with Crippen molar-refractivity contribution in [2.45, 2.75) is 354 Å². The van der Waals surface area contributed by atoms with E-state index >= 15 is 0 Å². The summed E-state index contributed by atoms with van der Waals surface area (Å²) in [6.07, 6.45) is 84.5. The SMILES string of the molecule is CC/C=C\C/C=C\C/C=C\C/C=C\C/C=C\CCCCCC(=O)OC[C@H](COP(=O)(O)OC[C@@H](O)COP(=O)(O)OC[C@@H](COC(=O)CCCCCCC/C=C\C/C=C\CCCCC)OC(=O)CCCCCCC/C=C\C/C=C\CCCCC)OC(=O)CCCCCCC/C=C\CCCCCCCC. The molecule has 0 aromatic rings. The van der Waals surface area contributed by atoms with Crippen LogP contribution in [0.25, 0.3) is 0 Å². The van der Waals surface area contributed by atoms with Gasteiger partial charge in [0.05, 0.1) is 26.4 Å². The maximum atomic E-state index is 13.1. The van der Waals surface area contributed by atoms with Gasteiger partial charge in [0.2, 0.25) is 0 Å². The molecule has 0 heterocycles. The molecule has 5 atom stereocenters. The Morgan fingerprint density at radius 2 is 0.500 bits per heavy atom. The van der Waals surface area contributed by atoms with E-state index in [9.17, 15) is 43.2 Å². The Kier molecular flexibility index (Phi) is 73.3. The molecule has 0 aromatic carbocycles. The van der Waals surface area contributed by atoms with Crippen molar-refractivity contribution in [3.63, 3.8) is 0 Å². The summed E-state index contributed by atoms with van der Waals surface area (Å²) in [5.41, 5.74) is 0. The molecule has 3 N–H and O–H groups in total. The zero-order chi connectivity index (χ0) is 76.0. The van der Waals surface area contributed by atoms with Gasteiger partial charge >= 0.3 is 39.5 Å². The standard InChI is InChI=1S/C85H146O17P2/c1-5-9-13-17-21-25-29-33-37-38-39-40-44-46-50-54-58-62-66-70-83(88)96-76-81(102-85(90)72-68-64-60-56-52-48-43-36-32-28-24-20-16-12-8-4)78-100-104(93,94)98-74-79(86)73-97-103(91,92)99-77-80(101-84(89)71-67-63-59-55-51-47-42-35-31-27-23-19-15-11-7-3)75-95-82(87)69-65-61-57-53-49-45-41-34-30-26-22-18-14-10-6-2/h9,13,21-23,25-27,33-37,39-43,46,50,79-81,86H,5-8,10-12,14-20,24,28-32,38,44-45,47-49,51-78H2,1-4H3,(H,91,92)(H,93,94)/b13-9-,25-21-,26-22-,27-23-,37-33-,40-39-,41-34-,42-35-,43-36-,50-46-/t79-,80+,81+/m0/s1. The maximum absolute atomic E-state index is 13.1. The molecule has 0 aliphatic heterocycles. The smallest absolute Gasteiger partial charge is 0.462 e. The van der Waals surface area contributed by atoms with Gasteiger partial charge < -0.3 is 33.8 Å². The van der Waals surface area contributed by atoms with E-state index in [1.165, 1.54) is 77.0 Å². The van der Waals surface area contributed by atoms with Gasteiger partial charge in [-0.25, -0.2) is 9.13 Å². The largest absolute Gasteiger partial charge is 0.472 e. The second-order valence-electron chi connectivity index (χ2n) is 27.0. The Morgan fingerprint density at radius 1 is 0.279 bits per heavy atom. The van der Waals surface area contributed by atoms with Crippen molar-refractivity contribution in [1.29, 1.82) is 0 Å². The number of phosphoric ester groups is 2. The van der Waals surface area contributed by atoms with Gasteiger partial charge in [-0.2, -0.15) is 0 Å². The van der Waals surface area contributed by atoms with E-state index in [-0.39, 0.29) is 25.7 Å². The van der Waals surface area contributed by atoms with Gasteiger partial charge in [0.1, 0.15) is 19.3 Å². The van der Waals surface area contributed by atoms with E-state index in [4.69, 9.17) is 37.0 Å². The van der Waals surface area contributed by atoms with Gasteiger partial charge in [-0.1, -0.05) is 271 Å². The minimum Gasteiger partial charge on any atom is -0.462 e. The highest BCUT2D eigenvalue weighted by Gasteiger charge is 2.30. The molecular weight excluding hydrogens is 1350 g/mol. The zero-order valence-corrected chi connectivity index (χ0v) is 67.2. The van der Waals surface area contributed by atoms with Crippen LogP contribution in [0.3, 0.4) is 0 Å². The summed E-state index contributed by atoms with van der Waals surface area (Å²) in [6, 6.07) is 0. The van der Waals surface area contributed by atoms with E-state index in [1.807, 2.05) is 0 Å². The van der Waals surface area contributed by atoms with Gasteiger partial charge in [-0.3, -0.25) is 37.3 Å². The van der Waals surface area contributed by atoms with Gasteiger partial charge in [-0.05, 0) is 161 Å². The van der Waals surface area contributed by atoms with Crippen LogP contribution in [0.15, 0.2) is 122 Å². The molecule has 0 radical (unpaired) electrons. The summed E-state index contributed by atoms with van der Waals surface area (Å²) in [4.78, 5) is 73.1. The molecule has 0 fully saturated rings. The number of carbonyl (C=O) groups is 4. The molecule has 0 aliphatic carbocycles. The molecule has 598 valence electrons. The van der Waals surface area contributed by atoms with Crippen LogP contribution in [-0.2, 0) is 65.4 Å². The third-order valence-corrected chi connectivity index (χ3v) is 18.8. The second-order valence-corrected chi connectivity index (χ2v) is 29.9. The van der Waals surface area contributed by atoms with Crippen molar-refractivity contribution in [3.8, 4) is 0 Å². The molecule has 2 unspecified atom stereocenters. The first-order valence-electron chi connectivity index (χ1n) is 40.8. The van der Waals surface area contributed by atoms with E-state index in [1.54, 1.807) is 0 Å². The fourth-order valence-electron chi connectivity index (χ4n) is 10.7. The molecule has 0 bridgehead atoms. The van der Waals surface area contributed by atoms with Crippen LogP contribution >= 0.6 is 15.6 Å². The van der Waals surface area contributed by atoms with E-state index in [0.29, 0.717) is 25.7 Å². The number of hydrogen-bond donors (Lipinski definition) is 3. The number of carbonyl (C=O) groups excluding carboxylic acids is 4. The Morgan fingerprint density at radius 3 is 0.808 bits per heavy atom. The highest BCUT2D eigenvalue weighted by atomic mass is 31.2. The van der Waals surface area contributed by atoms with Crippen LogP contribution in [0.2, 0.25) is 0 Å². The molecule has 0 aliphatic rings. The van der Waals surface area contributed by atoms with E-state index < -0.39 is 97.5 Å². The Balaban J connectivity index is 5.42. The van der Waals surface area contributed by atoms with Crippen LogP contribution in [0.4, 0.5) is 0 Å². The van der Waals surface area contributed by atoms with E-state index in [0.717, 1.165) is 180 Å². The third kappa shape index (κ3) is 75.7. The first-order valence-corrected chi connectivity index (χ1v) is 43.8. The summed E-state index contributed by atoms with van der Waals surface area (Å²) < 4.78 is 68.6. The average Bonchev–Trinajstić information content (AvgIpc) is 0.918. The first-order chi connectivity index (χ1) is 50.7. The predicted octanol–water partition coefficient (Wildman–Crippen LogP) is 23.9. The first kappa shape index (κ1) is 99.5. The van der Waals surface area contributed by atoms with Crippen LogP contribution in [-0.4, -0.2) is 96.7 Å². The number of aliphatic hydroxyl groups excluding tert-OH is 1. The number of phosphoric acid groups is 2. The molecule has 0 saturated heterocycles. The summed E-state index contributed by atoms with van der Waals surface area (Å²) >= 11 is 0. The lowest BCUT2D eigenvalue weighted by atomic mass is 10.1. The number of aliphatic hydroxyl groups is 1. The minimum atomic E-state index is -4.99. The monoisotopic (exact) mass is 1500 g/mol. The Labute approximate surface area is 632 Å². The van der Waals surface area contributed by atoms with Crippen LogP contribution in [0.1, 0.15) is 336 Å². The van der Waals surface area contributed by atoms with Crippen molar-refractivity contribution in [1.82, 2.24) is 0 Å². The molecule has 0 aromatic heterocycles. The average molecular weight is 1500 g/mol. The fraction of sp³-hybridized carbons (Fsp3) is 0.718. The summed E-state index contributed by atoms with van der Waals surface area (Å²) in [7, 11) is -9.98.